The van der Waals surface area contributed by atoms with Crippen molar-refractivity contribution in [2.24, 2.45) is 0 Å². The van der Waals surface area contributed by atoms with Gasteiger partial charge in [-0.25, -0.2) is 13.1 Å². The van der Waals surface area contributed by atoms with Crippen LogP contribution in [-0.2, 0) is 10.0 Å². The van der Waals surface area contributed by atoms with Crippen molar-refractivity contribution in [2.45, 2.75) is 69.1 Å². The van der Waals surface area contributed by atoms with Crippen molar-refractivity contribution in [3.8, 4) is 0 Å². The molecule has 1 saturated heterocycles. The van der Waals surface area contributed by atoms with Crippen LogP contribution < -0.4 is 4.72 Å². The summed E-state index contributed by atoms with van der Waals surface area (Å²) in [5.74, 6) is 0. The molecule has 0 radical (unpaired) electrons. The van der Waals surface area contributed by atoms with E-state index in [-0.39, 0.29) is 11.3 Å². The second-order valence-corrected chi connectivity index (χ2v) is 10.0. The summed E-state index contributed by atoms with van der Waals surface area (Å²) in [6.45, 7) is 2.66. The quantitative estimate of drug-likeness (QED) is 0.826. The molecule has 1 aromatic rings. The van der Waals surface area contributed by atoms with Crippen molar-refractivity contribution in [1.29, 1.82) is 0 Å². The summed E-state index contributed by atoms with van der Waals surface area (Å²) in [4.78, 5) is 2.48. The van der Waals surface area contributed by atoms with Crippen LogP contribution in [0.3, 0.4) is 0 Å². The molecular weight excluding hydrogens is 340 g/mol. The van der Waals surface area contributed by atoms with Crippen molar-refractivity contribution in [1.82, 2.24) is 9.62 Å². The van der Waals surface area contributed by atoms with Crippen molar-refractivity contribution >= 4 is 21.4 Å². The highest BCUT2D eigenvalue weighted by atomic mass is 32.2. The van der Waals surface area contributed by atoms with Crippen LogP contribution in [0.4, 0.5) is 0 Å². The van der Waals surface area contributed by atoms with E-state index >= 15 is 0 Å². The molecule has 6 heteroatoms. The van der Waals surface area contributed by atoms with E-state index in [9.17, 15) is 8.42 Å². The van der Waals surface area contributed by atoms with Gasteiger partial charge in [-0.15, -0.1) is 0 Å². The Bertz CT molecular complexity index is 572. The maximum atomic E-state index is 12.7. The molecule has 0 aromatic carbocycles. The minimum absolute atomic E-state index is 0.174. The van der Waals surface area contributed by atoms with E-state index in [1.165, 1.54) is 37.7 Å². The summed E-state index contributed by atoms with van der Waals surface area (Å²) in [6, 6.07) is 2.32. The Balaban J connectivity index is 1.67. The predicted molar refractivity (Wildman–Crippen MR) is 101 cm³/mol. The third kappa shape index (κ3) is 4.81. The maximum Gasteiger partial charge on any atom is 0.214 e. The molecule has 1 aromatic heterocycles. The van der Waals surface area contributed by atoms with E-state index in [4.69, 9.17) is 0 Å². The van der Waals surface area contributed by atoms with Gasteiger partial charge in [-0.3, -0.25) is 4.90 Å². The molecule has 2 aliphatic rings. The van der Waals surface area contributed by atoms with E-state index in [0.29, 0.717) is 6.54 Å². The fourth-order valence-electron chi connectivity index (χ4n) is 4.02. The SMILES string of the molecule is O=S(=O)(NCC(c1ccsc1)N1CCCCCC1)C1CCCCC1. The van der Waals surface area contributed by atoms with Gasteiger partial charge in [0.1, 0.15) is 0 Å². The van der Waals surface area contributed by atoms with Gasteiger partial charge in [0.25, 0.3) is 0 Å². The molecule has 1 N–H and O–H groups in total. The molecule has 136 valence electrons. The van der Waals surface area contributed by atoms with Gasteiger partial charge in [-0.2, -0.15) is 11.3 Å². The lowest BCUT2D eigenvalue weighted by Crippen LogP contribution is -2.42. The number of rotatable bonds is 6. The van der Waals surface area contributed by atoms with Crippen LogP contribution in [0.5, 0.6) is 0 Å². The first-order valence-electron chi connectivity index (χ1n) is 9.41. The minimum atomic E-state index is -3.19. The molecule has 0 amide bonds. The lowest BCUT2D eigenvalue weighted by atomic mass is 10.0. The third-order valence-electron chi connectivity index (χ3n) is 5.48. The number of hydrogen-bond acceptors (Lipinski definition) is 4. The molecule has 0 bridgehead atoms. The van der Waals surface area contributed by atoms with Gasteiger partial charge in [0.15, 0.2) is 0 Å². The van der Waals surface area contributed by atoms with Crippen molar-refractivity contribution in [3.63, 3.8) is 0 Å². The largest absolute Gasteiger partial charge is 0.295 e. The number of nitrogens with one attached hydrogen (secondary N) is 1. The molecule has 4 nitrogen and oxygen atoms in total. The van der Waals surface area contributed by atoms with Gasteiger partial charge in [0, 0.05) is 12.6 Å². The first-order chi connectivity index (χ1) is 11.7. The number of hydrogen-bond donors (Lipinski definition) is 1. The molecule has 1 saturated carbocycles. The number of nitrogens with zero attached hydrogens (tertiary/aromatic N) is 1. The Morgan fingerprint density at radius 1 is 1.08 bits per heavy atom. The first-order valence-corrected chi connectivity index (χ1v) is 11.9. The number of sulfonamides is 1. The van der Waals surface area contributed by atoms with Gasteiger partial charge in [-0.05, 0) is 61.2 Å². The molecule has 0 spiro atoms. The molecular formula is C18H30N2O2S2. The Hall–Kier alpha value is -0.430. The zero-order valence-electron chi connectivity index (χ0n) is 14.5. The van der Waals surface area contributed by atoms with Gasteiger partial charge in [0.05, 0.1) is 5.25 Å². The lowest BCUT2D eigenvalue weighted by Gasteiger charge is -2.31. The number of thiophene rings is 1. The molecule has 24 heavy (non-hydrogen) atoms. The Labute approximate surface area is 150 Å². The van der Waals surface area contributed by atoms with Crippen molar-refractivity contribution in [2.75, 3.05) is 19.6 Å². The standard InChI is InChI=1S/C18H30N2O2S2/c21-24(22,17-8-4-3-5-9-17)19-14-18(16-10-13-23-15-16)20-11-6-1-2-7-12-20/h10,13,15,17-19H,1-9,11-12,14H2. The van der Waals surface area contributed by atoms with Crippen LogP contribution in [0.2, 0.25) is 0 Å². The van der Waals surface area contributed by atoms with Crippen molar-refractivity contribution < 1.29 is 8.42 Å². The Morgan fingerprint density at radius 2 is 1.75 bits per heavy atom. The summed E-state index contributed by atoms with van der Waals surface area (Å²) in [6.07, 6.45) is 9.94. The normalized spacial score (nSPS) is 23.0. The van der Waals surface area contributed by atoms with E-state index < -0.39 is 10.0 Å². The van der Waals surface area contributed by atoms with Crippen LogP contribution in [0.1, 0.15) is 69.4 Å². The summed E-state index contributed by atoms with van der Waals surface area (Å²) in [5.41, 5.74) is 1.26. The monoisotopic (exact) mass is 370 g/mol. The molecule has 2 heterocycles. The third-order valence-corrected chi connectivity index (χ3v) is 8.10. The zero-order valence-corrected chi connectivity index (χ0v) is 16.1. The van der Waals surface area contributed by atoms with Crippen LogP contribution >= 0.6 is 11.3 Å². The molecule has 1 unspecified atom stereocenters. The molecule has 2 fully saturated rings. The fraction of sp³-hybridized carbons (Fsp3) is 0.778. The van der Waals surface area contributed by atoms with E-state index in [1.54, 1.807) is 11.3 Å². The topological polar surface area (TPSA) is 49.4 Å². The Morgan fingerprint density at radius 3 is 2.38 bits per heavy atom. The second kappa shape index (κ2) is 8.79. The molecule has 1 atom stereocenters. The van der Waals surface area contributed by atoms with Gasteiger partial charge >= 0.3 is 0 Å². The smallest absolute Gasteiger partial charge is 0.214 e. The summed E-state index contributed by atoms with van der Waals surface area (Å²) >= 11 is 1.69. The fourth-order valence-corrected chi connectivity index (χ4v) is 6.30. The molecule has 1 aliphatic carbocycles. The highest BCUT2D eigenvalue weighted by molar-refractivity contribution is 7.90. The highest BCUT2D eigenvalue weighted by Crippen LogP contribution is 2.27. The van der Waals surface area contributed by atoms with Crippen LogP contribution in [-0.4, -0.2) is 38.2 Å². The van der Waals surface area contributed by atoms with Gasteiger partial charge in [-0.1, -0.05) is 32.1 Å². The summed E-state index contributed by atoms with van der Waals surface area (Å²) < 4.78 is 28.3. The van der Waals surface area contributed by atoms with Crippen LogP contribution in [0, 0.1) is 0 Å². The van der Waals surface area contributed by atoms with Crippen LogP contribution in [0.25, 0.3) is 0 Å². The molecule has 1 aliphatic heterocycles. The number of likely N-dealkylation sites (tertiary alicyclic amines) is 1. The van der Waals surface area contributed by atoms with E-state index in [1.807, 2.05) is 0 Å². The second-order valence-electron chi connectivity index (χ2n) is 7.18. The first kappa shape index (κ1) is 18.4. The Kier molecular flexibility index (Phi) is 6.72. The highest BCUT2D eigenvalue weighted by Gasteiger charge is 2.29. The minimum Gasteiger partial charge on any atom is -0.295 e. The van der Waals surface area contributed by atoms with E-state index in [2.05, 4.69) is 26.4 Å². The summed E-state index contributed by atoms with van der Waals surface area (Å²) in [5, 5.41) is 4.08. The predicted octanol–water partition coefficient (Wildman–Crippen LogP) is 3.92. The van der Waals surface area contributed by atoms with Gasteiger partial charge in [0.2, 0.25) is 10.0 Å². The van der Waals surface area contributed by atoms with Gasteiger partial charge < -0.3 is 0 Å². The lowest BCUT2D eigenvalue weighted by molar-refractivity contribution is 0.206. The van der Waals surface area contributed by atoms with Crippen molar-refractivity contribution in [3.05, 3.63) is 22.4 Å². The average Bonchev–Trinajstić information content (AvgIpc) is 2.99. The summed E-state index contributed by atoms with van der Waals surface area (Å²) in [7, 11) is -3.19. The average molecular weight is 371 g/mol. The van der Waals surface area contributed by atoms with E-state index in [0.717, 1.165) is 38.8 Å². The zero-order chi connectivity index (χ0) is 16.8. The van der Waals surface area contributed by atoms with Crippen LogP contribution in [0.15, 0.2) is 16.8 Å². The maximum absolute atomic E-state index is 12.7. The molecule has 3 rings (SSSR count).